The number of rotatable bonds is 6. The van der Waals surface area contributed by atoms with E-state index in [1.54, 1.807) is 0 Å². The zero-order chi connectivity index (χ0) is 11.3. The highest BCUT2D eigenvalue weighted by Crippen LogP contribution is 2.20. The van der Waals surface area contributed by atoms with Crippen LogP contribution in [0.1, 0.15) is 27.2 Å². The Bertz CT molecular complexity index is 173. The summed E-state index contributed by atoms with van der Waals surface area (Å²) < 4.78 is 5.70. The third-order valence-corrected chi connectivity index (χ3v) is 3.08. The molecule has 3 heteroatoms. The number of hydrogen-bond acceptors (Lipinski definition) is 3. The van der Waals surface area contributed by atoms with E-state index in [1.807, 2.05) is 0 Å². The van der Waals surface area contributed by atoms with Gasteiger partial charge in [-0.1, -0.05) is 20.8 Å². The minimum atomic E-state index is 0.453. The zero-order valence-corrected chi connectivity index (χ0v) is 10.6. The fourth-order valence-corrected chi connectivity index (χ4v) is 1.93. The van der Waals surface area contributed by atoms with Gasteiger partial charge in [-0.25, -0.2) is 0 Å². The third-order valence-electron chi connectivity index (χ3n) is 3.08. The molecule has 1 N–H and O–H groups in total. The van der Waals surface area contributed by atoms with E-state index in [9.17, 15) is 0 Å². The summed E-state index contributed by atoms with van der Waals surface area (Å²) in [4.78, 5) is 2.36. The van der Waals surface area contributed by atoms with Crippen LogP contribution in [0.25, 0.3) is 0 Å². The standard InChI is InChI=1S/C12H26N2O/c1-10(2)13-6-7-14(4)9-12-11(3)5-8-15-12/h10-13H,5-9H2,1-4H3. The molecule has 0 aromatic carbocycles. The smallest absolute Gasteiger partial charge is 0.0728 e. The van der Waals surface area contributed by atoms with E-state index < -0.39 is 0 Å². The Kier molecular flexibility index (Phi) is 5.58. The molecule has 1 rings (SSSR count). The van der Waals surface area contributed by atoms with Gasteiger partial charge in [0, 0.05) is 32.3 Å². The van der Waals surface area contributed by atoms with Gasteiger partial charge in [-0.05, 0) is 19.4 Å². The monoisotopic (exact) mass is 214 g/mol. The average Bonchev–Trinajstić information content (AvgIpc) is 2.51. The molecule has 15 heavy (non-hydrogen) atoms. The molecule has 2 unspecified atom stereocenters. The Balaban J connectivity index is 2.09. The van der Waals surface area contributed by atoms with Crippen molar-refractivity contribution in [2.45, 2.75) is 39.3 Å². The normalized spacial score (nSPS) is 26.8. The quantitative estimate of drug-likeness (QED) is 0.722. The highest BCUT2D eigenvalue weighted by atomic mass is 16.5. The molecule has 2 atom stereocenters. The maximum atomic E-state index is 5.70. The van der Waals surface area contributed by atoms with Crippen LogP contribution in [0.15, 0.2) is 0 Å². The first-order valence-corrected chi connectivity index (χ1v) is 6.13. The molecule has 0 amide bonds. The lowest BCUT2D eigenvalue weighted by atomic mass is 10.0. The molecule has 0 aliphatic carbocycles. The second-order valence-electron chi connectivity index (χ2n) is 5.05. The van der Waals surface area contributed by atoms with Crippen molar-refractivity contribution in [3.8, 4) is 0 Å². The summed E-state index contributed by atoms with van der Waals surface area (Å²) in [6.45, 7) is 10.8. The molecular weight excluding hydrogens is 188 g/mol. The molecule has 0 spiro atoms. The van der Waals surface area contributed by atoms with Crippen LogP contribution < -0.4 is 5.32 Å². The molecule has 3 nitrogen and oxygen atoms in total. The number of likely N-dealkylation sites (N-methyl/N-ethyl adjacent to an activating group) is 1. The summed E-state index contributed by atoms with van der Waals surface area (Å²) in [6, 6.07) is 0.583. The predicted octanol–water partition coefficient (Wildman–Crippen LogP) is 1.34. The summed E-state index contributed by atoms with van der Waals surface area (Å²) in [5, 5.41) is 3.43. The molecule has 1 aliphatic rings. The molecule has 1 heterocycles. The molecule has 1 saturated heterocycles. The van der Waals surface area contributed by atoms with Gasteiger partial charge >= 0.3 is 0 Å². The van der Waals surface area contributed by atoms with Crippen molar-refractivity contribution in [2.75, 3.05) is 33.3 Å². The summed E-state index contributed by atoms with van der Waals surface area (Å²) in [7, 11) is 2.18. The number of hydrogen-bond donors (Lipinski definition) is 1. The van der Waals surface area contributed by atoms with Crippen LogP contribution >= 0.6 is 0 Å². The van der Waals surface area contributed by atoms with Crippen molar-refractivity contribution in [3.05, 3.63) is 0 Å². The zero-order valence-electron chi connectivity index (χ0n) is 10.6. The van der Waals surface area contributed by atoms with Crippen LogP contribution in [0.2, 0.25) is 0 Å². The first kappa shape index (κ1) is 12.9. The van der Waals surface area contributed by atoms with Crippen molar-refractivity contribution in [1.82, 2.24) is 10.2 Å². The Morgan fingerprint density at radius 2 is 2.20 bits per heavy atom. The summed E-state index contributed by atoms with van der Waals surface area (Å²) in [5.41, 5.74) is 0. The first-order chi connectivity index (χ1) is 7.09. The van der Waals surface area contributed by atoms with E-state index >= 15 is 0 Å². The fraction of sp³-hybridized carbons (Fsp3) is 1.00. The lowest BCUT2D eigenvalue weighted by molar-refractivity contribution is 0.0652. The van der Waals surface area contributed by atoms with Gasteiger partial charge in [0.2, 0.25) is 0 Å². The Morgan fingerprint density at radius 1 is 1.47 bits per heavy atom. The van der Waals surface area contributed by atoms with Gasteiger partial charge in [0.25, 0.3) is 0 Å². The Hall–Kier alpha value is -0.120. The second-order valence-corrected chi connectivity index (χ2v) is 5.05. The second kappa shape index (κ2) is 6.46. The lowest BCUT2D eigenvalue weighted by Gasteiger charge is -2.23. The van der Waals surface area contributed by atoms with Gasteiger partial charge in [0.15, 0.2) is 0 Å². The third kappa shape index (κ3) is 4.96. The number of nitrogens with zero attached hydrogens (tertiary/aromatic N) is 1. The van der Waals surface area contributed by atoms with Crippen LogP contribution in [-0.4, -0.2) is 50.3 Å². The van der Waals surface area contributed by atoms with E-state index in [1.165, 1.54) is 6.42 Å². The molecule has 1 fully saturated rings. The van der Waals surface area contributed by atoms with Gasteiger partial charge in [-0.15, -0.1) is 0 Å². The lowest BCUT2D eigenvalue weighted by Crippen LogP contribution is -2.37. The van der Waals surface area contributed by atoms with Gasteiger partial charge in [-0.2, -0.15) is 0 Å². The maximum absolute atomic E-state index is 5.70. The maximum Gasteiger partial charge on any atom is 0.0728 e. The number of ether oxygens (including phenoxy) is 1. The van der Waals surface area contributed by atoms with Crippen LogP contribution in [0.3, 0.4) is 0 Å². The van der Waals surface area contributed by atoms with Crippen LogP contribution in [-0.2, 0) is 4.74 Å². The molecule has 0 saturated carbocycles. The average molecular weight is 214 g/mol. The molecule has 0 radical (unpaired) electrons. The summed E-state index contributed by atoms with van der Waals surface area (Å²) >= 11 is 0. The SMILES string of the molecule is CC(C)NCCN(C)CC1OCCC1C. The van der Waals surface area contributed by atoms with Gasteiger partial charge in [0.1, 0.15) is 0 Å². The van der Waals surface area contributed by atoms with E-state index in [4.69, 9.17) is 4.74 Å². The molecule has 0 aromatic rings. The van der Waals surface area contributed by atoms with E-state index in [2.05, 4.69) is 38.0 Å². The topological polar surface area (TPSA) is 24.5 Å². The Labute approximate surface area is 94.2 Å². The van der Waals surface area contributed by atoms with E-state index in [0.29, 0.717) is 12.1 Å². The first-order valence-electron chi connectivity index (χ1n) is 6.13. The number of nitrogens with one attached hydrogen (secondary N) is 1. The minimum absolute atomic E-state index is 0.453. The van der Waals surface area contributed by atoms with Crippen molar-refractivity contribution in [3.63, 3.8) is 0 Å². The van der Waals surface area contributed by atoms with Crippen LogP contribution in [0.4, 0.5) is 0 Å². The fourth-order valence-electron chi connectivity index (χ4n) is 1.93. The largest absolute Gasteiger partial charge is 0.377 e. The molecule has 0 bridgehead atoms. The van der Waals surface area contributed by atoms with Gasteiger partial charge in [-0.3, -0.25) is 0 Å². The van der Waals surface area contributed by atoms with Crippen molar-refractivity contribution < 1.29 is 4.74 Å². The van der Waals surface area contributed by atoms with E-state index in [0.717, 1.165) is 32.2 Å². The minimum Gasteiger partial charge on any atom is -0.377 e. The van der Waals surface area contributed by atoms with Crippen molar-refractivity contribution in [1.29, 1.82) is 0 Å². The van der Waals surface area contributed by atoms with Gasteiger partial charge in [0.05, 0.1) is 6.10 Å². The molecule has 0 aromatic heterocycles. The molecule has 90 valence electrons. The Morgan fingerprint density at radius 3 is 2.73 bits per heavy atom. The highest BCUT2D eigenvalue weighted by Gasteiger charge is 2.24. The molecule has 1 aliphatic heterocycles. The highest BCUT2D eigenvalue weighted by molar-refractivity contribution is 4.75. The van der Waals surface area contributed by atoms with E-state index in [-0.39, 0.29) is 0 Å². The van der Waals surface area contributed by atoms with Crippen LogP contribution in [0.5, 0.6) is 0 Å². The van der Waals surface area contributed by atoms with Crippen molar-refractivity contribution in [2.24, 2.45) is 5.92 Å². The summed E-state index contributed by atoms with van der Waals surface area (Å²) in [5.74, 6) is 0.727. The molecular formula is C12H26N2O. The van der Waals surface area contributed by atoms with Crippen LogP contribution in [0, 0.1) is 5.92 Å². The van der Waals surface area contributed by atoms with Gasteiger partial charge < -0.3 is 15.0 Å². The van der Waals surface area contributed by atoms with Crippen molar-refractivity contribution >= 4 is 0 Å². The summed E-state index contributed by atoms with van der Waals surface area (Å²) in [6.07, 6.45) is 1.68. The predicted molar refractivity (Wildman–Crippen MR) is 64.2 cm³/mol.